The molecular weight excluding hydrogens is 285 g/mol. The van der Waals surface area contributed by atoms with Gasteiger partial charge in [0.1, 0.15) is 11.2 Å². The van der Waals surface area contributed by atoms with Gasteiger partial charge in [-0.1, -0.05) is 24.3 Å². The number of ketones is 1. The molecule has 0 amide bonds. The fraction of sp³-hybridized carbons (Fsp3) is 0.0714. The van der Waals surface area contributed by atoms with Gasteiger partial charge in [0.05, 0.1) is 10.5 Å². The molecular formula is C14H9ClFNO3. The Hall–Kier alpha value is -2.27. The number of nitrogens with zero attached hydrogens (tertiary/aromatic N) is 1. The average molecular weight is 294 g/mol. The van der Waals surface area contributed by atoms with Gasteiger partial charge >= 0.3 is 0 Å². The Morgan fingerprint density at radius 1 is 1.15 bits per heavy atom. The number of carbonyl (C=O) groups is 1. The first-order chi connectivity index (χ1) is 9.50. The summed E-state index contributed by atoms with van der Waals surface area (Å²) in [5, 5.41) is 9.79. The van der Waals surface area contributed by atoms with E-state index >= 15 is 0 Å². The molecule has 20 heavy (non-hydrogen) atoms. The number of halogens is 2. The van der Waals surface area contributed by atoms with Crippen molar-refractivity contribution in [1.82, 2.24) is 0 Å². The third-order valence-electron chi connectivity index (χ3n) is 2.76. The Kier molecular flexibility index (Phi) is 4.10. The zero-order chi connectivity index (χ0) is 14.7. The molecule has 6 heteroatoms. The molecule has 0 N–H and O–H groups in total. The van der Waals surface area contributed by atoms with E-state index in [1.54, 1.807) is 0 Å². The molecule has 0 aromatic heterocycles. The van der Waals surface area contributed by atoms with Crippen molar-refractivity contribution in [1.29, 1.82) is 0 Å². The van der Waals surface area contributed by atoms with E-state index in [0.29, 0.717) is 5.56 Å². The molecule has 4 nitrogen and oxygen atoms in total. The number of alkyl halides is 1. The molecule has 2 aromatic rings. The summed E-state index contributed by atoms with van der Waals surface area (Å²) in [5.74, 6) is -1.04. The van der Waals surface area contributed by atoms with E-state index in [-0.39, 0.29) is 11.3 Å². The number of Topliss-reactive ketones (excluding diaryl/α,β-unsaturated/α-hetero) is 1. The molecule has 0 saturated heterocycles. The molecule has 0 saturated carbocycles. The highest BCUT2D eigenvalue weighted by atomic mass is 35.5. The van der Waals surface area contributed by atoms with Crippen LogP contribution in [0.4, 0.5) is 10.1 Å². The van der Waals surface area contributed by atoms with Gasteiger partial charge in [-0.2, -0.15) is 0 Å². The van der Waals surface area contributed by atoms with Crippen molar-refractivity contribution in [3.05, 3.63) is 75.6 Å². The zero-order valence-electron chi connectivity index (χ0n) is 10.1. The van der Waals surface area contributed by atoms with Gasteiger partial charge in [-0.05, 0) is 23.8 Å². The first kappa shape index (κ1) is 14.1. The highest BCUT2D eigenvalue weighted by Crippen LogP contribution is 2.29. The molecule has 0 aliphatic rings. The maximum absolute atomic E-state index is 12.8. The van der Waals surface area contributed by atoms with Crippen LogP contribution in [0.15, 0.2) is 48.5 Å². The smallest absolute Gasteiger partial charge is 0.280 e. The van der Waals surface area contributed by atoms with Gasteiger partial charge in [0.25, 0.3) is 5.69 Å². The van der Waals surface area contributed by atoms with Crippen LogP contribution < -0.4 is 0 Å². The quantitative estimate of drug-likeness (QED) is 0.372. The molecule has 1 unspecified atom stereocenters. The Morgan fingerprint density at radius 3 is 2.35 bits per heavy atom. The summed E-state index contributed by atoms with van der Waals surface area (Å²) in [6.07, 6.45) is 0. The Bertz CT molecular complexity index is 658. The highest BCUT2D eigenvalue weighted by molar-refractivity contribution is 6.34. The zero-order valence-corrected chi connectivity index (χ0v) is 10.9. The van der Waals surface area contributed by atoms with Crippen molar-refractivity contribution in [3.8, 4) is 0 Å². The van der Waals surface area contributed by atoms with Crippen molar-refractivity contribution in [3.63, 3.8) is 0 Å². The lowest BCUT2D eigenvalue weighted by molar-refractivity contribution is -0.385. The van der Waals surface area contributed by atoms with Gasteiger partial charge in [-0.15, -0.1) is 11.6 Å². The monoisotopic (exact) mass is 293 g/mol. The van der Waals surface area contributed by atoms with Crippen LogP contribution in [0, 0.1) is 15.9 Å². The van der Waals surface area contributed by atoms with Crippen LogP contribution in [0.2, 0.25) is 0 Å². The maximum Gasteiger partial charge on any atom is 0.280 e. The lowest BCUT2D eigenvalue weighted by Gasteiger charge is -2.09. The second kappa shape index (κ2) is 5.79. The molecule has 1 atom stereocenters. The molecule has 0 fully saturated rings. The van der Waals surface area contributed by atoms with Crippen molar-refractivity contribution >= 4 is 23.1 Å². The molecule has 2 rings (SSSR count). The predicted molar refractivity (Wildman–Crippen MR) is 72.4 cm³/mol. The largest absolute Gasteiger partial charge is 0.292 e. The van der Waals surface area contributed by atoms with E-state index in [2.05, 4.69) is 0 Å². The number of carbonyl (C=O) groups excluding carboxylic acids is 1. The second-order valence-corrected chi connectivity index (χ2v) is 4.49. The Labute approximate surface area is 119 Å². The van der Waals surface area contributed by atoms with E-state index < -0.39 is 21.9 Å². The predicted octanol–water partition coefficient (Wildman–Crippen LogP) is 3.90. The minimum atomic E-state index is -1.10. The molecule has 0 bridgehead atoms. The van der Waals surface area contributed by atoms with Crippen molar-refractivity contribution in [2.75, 3.05) is 0 Å². The van der Waals surface area contributed by atoms with Crippen molar-refractivity contribution in [2.24, 2.45) is 0 Å². The molecule has 0 radical (unpaired) electrons. The van der Waals surface area contributed by atoms with Crippen LogP contribution in [-0.2, 0) is 0 Å². The van der Waals surface area contributed by atoms with Crippen LogP contribution >= 0.6 is 11.6 Å². The van der Waals surface area contributed by atoms with Gasteiger partial charge in [0.2, 0.25) is 0 Å². The number of nitro groups is 1. The van der Waals surface area contributed by atoms with Gasteiger partial charge in [-0.25, -0.2) is 4.39 Å². The first-order valence-electron chi connectivity index (χ1n) is 5.68. The number of benzene rings is 2. The second-order valence-electron chi connectivity index (χ2n) is 4.05. The summed E-state index contributed by atoms with van der Waals surface area (Å²) >= 11 is 6.03. The van der Waals surface area contributed by atoms with Crippen LogP contribution in [-0.4, -0.2) is 10.7 Å². The molecule has 0 aliphatic heterocycles. The normalized spacial score (nSPS) is 11.9. The first-order valence-corrected chi connectivity index (χ1v) is 6.11. The number of para-hydroxylation sites is 1. The molecule has 102 valence electrons. The number of rotatable bonds is 4. The topological polar surface area (TPSA) is 60.2 Å². The average Bonchev–Trinajstić information content (AvgIpc) is 2.46. The number of hydrogen-bond acceptors (Lipinski definition) is 3. The minimum Gasteiger partial charge on any atom is -0.292 e. The van der Waals surface area contributed by atoms with E-state index in [1.165, 1.54) is 48.5 Å². The van der Waals surface area contributed by atoms with E-state index in [4.69, 9.17) is 11.6 Å². The number of hydrogen-bond donors (Lipinski definition) is 0. The lowest BCUT2D eigenvalue weighted by Crippen LogP contribution is -2.10. The molecule has 0 spiro atoms. The third-order valence-corrected chi connectivity index (χ3v) is 3.21. The summed E-state index contributed by atoms with van der Waals surface area (Å²) in [5.41, 5.74) is 0.0169. The Balaban J connectivity index is 2.36. The number of nitro benzene ring substituents is 1. The molecule has 0 heterocycles. The highest BCUT2D eigenvalue weighted by Gasteiger charge is 2.26. The third kappa shape index (κ3) is 2.83. The van der Waals surface area contributed by atoms with Crippen molar-refractivity contribution in [2.45, 2.75) is 5.38 Å². The van der Waals surface area contributed by atoms with Crippen LogP contribution in [0.5, 0.6) is 0 Å². The summed E-state index contributed by atoms with van der Waals surface area (Å²) in [6, 6.07) is 10.7. The summed E-state index contributed by atoms with van der Waals surface area (Å²) in [7, 11) is 0. The van der Waals surface area contributed by atoms with E-state index in [0.717, 1.165) is 0 Å². The minimum absolute atomic E-state index is 0.0678. The lowest BCUT2D eigenvalue weighted by atomic mass is 10.0. The molecule has 2 aromatic carbocycles. The maximum atomic E-state index is 12.8. The van der Waals surface area contributed by atoms with Gasteiger partial charge in [-0.3, -0.25) is 14.9 Å². The van der Waals surface area contributed by atoms with E-state index in [9.17, 15) is 19.3 Å². The van der Waals surface area contributed by atoms with Crippen LogP contribution in [0.25, 0.3) is 0 Å². The summed E-state index contributed by atoms with van der Waals surface area (Å²) < 4.78 is 12.8. The standard InChI is InChI=1S/C14H9ClFNO3/c15-13(9-5-7-10(16)8-6-9)14(18)11-3-1-2-4-12(11)17(19)20/h1-8,13H. The van der Waals surface area contributed by atoms with Crippen molar-refractivity contribution < 1.29 is 14.1 Å². The summed E-state index contributed by atoms with van der Waals surface area (Å²) in [6.45, 7) is 0. The molecule has 0 aliphatic carbocycles. The van der Waals surface area contributed by atoms with Gasteiger partial charge in [0, 0.05) is 6.07 Å². The van der Waals surface area contributed by atoms with E-state index in [1.807, 2.05) is 0 Å². The Morgan fingerprint density at radius 2 is 1.75 bits per heavy atom. The van der Waals surface area contributed by atoms with Gasteiger partial charge in [0.15, 0.2) is 5.78 Å². The van der Waals surface area contributed by atoms with Gasteiger partial charge < -0.3 is 0 Å². The van der Waals surface area contributed by atoms with Crippen LogP contribution in [0.1, 0.15) is 21.3 Å². The summed E-state index contributed by atoms with van der Waals surface area (Å²) in [4.78, 5) is 22.5. The SMILES string of the molecule is O=C(c1ccccc1[N+](=O)[O-])C(Cl)c1ccc(F)cc1. The fourth-order valence-electron chi connectivity index (χ4n) is 1.76. The van der Waals surface area contributed by atoms with Crippen LogP contribution in [0.3, 0.4) is 0 Å². The fourth-order valence-corrected chi connectivity index (χ4v) is 2.02.